The summed E-state index contributed by atoms with van der Waals surface area (Å²) in [6.07, 6.45) is 100. The van der Waals surface area contributed by atoms with E-state index >= 15 is 0 Å². The van der Waals surface area contributed by atoms with Crippen LogP contribution in [0.2, 0.25) is 0 Å². The maximum absolute atomic E-state index is 12.9. The van der Waals surface area contributed by atoms with Crippen molar-refractivity contribution in [3.63, 3.8) is 0 Å². The molecule has 0 saturated carbocycles. The number of phosphoric ester groups is 1. The van der Waals surface area contributed by atoms with E-state index in [-0.39, 0.29) is 32.0 Å². The third kappa shape index (κ3) is 73.5. The van der Waals surface area contributed by atoms with Crippen LogP contribution < -0.4 is 4.89 Å². The Bertz CT molecular complexity index is 1940. The van der Waals surface area contributed by atoms with Crippen molar-refractivity contribution >= 4 is 19.8 Å². The van der Waals surface area contributed by atoms with E-state index in [0.29, 0.717) is 17.4 Å². The number of phosphoric acid groups is 1. The molecule has 0 rings (SSSR count). The Morgan fingerprint density at radius 1 is 0.356 bits per heavy atom. The van der Waals surface area contributed by atoms with E-state index in [1.165, 1.54) is 180 Å². The minimum Gasteiger partial charge on any atom is -0.756 e. The number of hydrogen-bond donors (Lipinski definition) is 0. The Kier molecular flexibility index (Phi) is 67.0. The van der Waals surface area contributed by atoms with Crippen LogP contribution in [0.25, 0.3) is 0 Å². The summed E-state index contributed by atoms with van der Waals surface area (Å²) in [5.74, 6) is -0.851. The first-order valence-electron chi connectivity index (χ1n) is 37.2. The lowest BCUT2D eigenvalue weighted by Crippen LogP contribution is -2.37. The molecule has 0 amide bonds. The third-order valence-corrected chi connectivity index (χ3v) is 16.9. The molecule has 0 bridgehead atoms. The molecule has 0 heterocycles. The van der Waals surface area contributed by atoms with Crippen LogP contribution in [-0.2, 0) is 32.7 Å². The van der Waals surface area contributed by atoms with Crippen LogP contribution in [0.3, 0.4) is 0 Å². The van der Waals surface area contributed by atoms with E-state index in [2.05, 4.69) is 135 Å². The van der Waals surface area contributed by atoms with E-state index in [0.717, 1.165) is 109 Å². The molecule has 0 aliphatic carbocycles. The number of unbranched alkanes of at least 4 members (excludes halogenated alkanes) is 34. The van der Waals surface area contributed by atoms with Gasteiger partial charge in [0.15, 0.2) is 6.10 Å². The molecule has 2 unspecified atom stereocenters. The van der Waals surface area contributed by atoms with E-state index in [4.69, 9.17) is 18.5 Å². The van der Waals surface area contributed by atoms with Gasteiger partial charge in [-0.05, 0) is 109 Å². The average Bonchev–Trinajstić information content (AvgIpc) is 3.58. The highest BCUT2D eigenvalue weighted by atomic mass is 31.2. The summed E-state index contributed by atoms with van der Waals surface area (Å²) < 4.78 is 34.3. The maximum Gasteiger partial charge on any atom is 0.306 e. The summed E-state index contributed by atoms with van der Waals surface area (Å²) >= 11 is 0. The molecule has 0 aromatic carbocycles. The van der Waals surface area contributed by atoms with Crippen LogP contribution in [0.4, 0.5) is 0 Å². The lowest BCUT2D eigenvalue weighted by Gasteiger charge is -2.28. The molecule has 90 heavy (non-hydrogen) atoms. The highest BCUT2D eigenvalue weighted by molar-refractivity contribution is 7.45. The van der Waals surface area contributed by atoms with Gasteiger partial charge in [0.05, 0.1) is 27.7 Å². The van der Waals surface area contributed by atoms with Gasteiger partial charge in [-0.3, -0.25) is 14.2 Å². The molecule has 0 radical (unpaired) electrons. The topological polar surface area (TPSA) is 111 Å². The lowest BCUT2D eigenvalue weighted by molar-refractivity contribution is -0.870. The smallest absolute Gasteiger partial charge is 0.306 e. The molecular formula is C80H140NO8P. The van der Waals surface area contributed by atoms with Gasteiger partial charge in [-0.1, -0.05) is 322 Å². The van der Waals surface area contributed by atoms with Crippen LogP contribution >= 0.6 is 7.82 Å². The third-order valence-electron chi connectivity index (χ3n) is 16.0. The van der Waals surface area contributed by atoms with Gasteiger partial charge in [0.25, 0.3) is 7.82 Å². The second-order valence-electron chi connectivity index (χ2n) is 25.9. The molecule has 0 aliphatic rings. The zero-order valence-corrected chi connectivity index (χ0v) is 59.9. The molecular weight excluding hydrogens is 1130 g/mol. The van der Waals surface area contributed by atoms with E-state index in [1.54, 1.807) is 0 Å². The van der Waals surface area contributed by atoms with Crippen molar-refractivity contribution in [3.05, 3.63) is 122 Å². The summed E-state index contributed by atoms with van der Waals surface area (Å²) in [5, 5.41) is 0. The Hall–Kier alpha value is -3.59. The summed E-state index contributed by atoms with van der Waals surface area (Å²) in [5.41, 5.74) is 0. The standard InChI is InChI=1S/C80H140NO8P/c1-6-8-10-12-14-16-18-20-22-24-26-28-30-32-34-36-38-40-42-44-46-48-50-52-54-56-58-60-62-64-66-68-70-72-79(82)86-76-78(77-88-90(84,85)87-75-74-81(3,4)5)89-80(83)73-71-69-67-65-63-61-59-57-55-53-51-49-47-45-43-41-39-37-35-33-31-29-27-25-23-21-19-17-15-13-11-9-7-2/h9,11,15,17,21,23-24,26-27,29,33,35,39,41,45,47,51,53,57,59,78H,6-8,10,12-14,16,18-20,22,25,28,30-32,34,36-38,40,42-44,46,48-50,52,54-56,58,60-77H2,1-5H3/b11-9-,17-15-,23-21-,26-24-,29-27-,35-33-,41-39-,47-45-,53-51-,59-57-. The largest absolute Gasteiger partial charge is 0.756 e. The number of hydrogen-bond acceptors (Lipinski definition) is 8. The van der Waals surface area contributed by atoms with Gasteiger partial charge in [0.2, 0.25) is 0 Å². The molecule has 2 atom stereocenters. The lowest BCUT2D eigenvalue weighted by atomic mass is 10.0. The number of quaternary nitrogens is 1. The van der Waals surface area contributed by atoms with Gasteiger partial charge in [-0.2, -0.15) is 0 Å². The minimum absolute atomic E-state index is 0.0397. The molecule has 0 N–H and O–H groups in total. The fourth-order valence-corrected chi connectivity index (χ4v) is 11.0. The number of carbonyl (C=O) groups excluding carboxylic acids is 2. The Balaban J connectivity index is 4.08. The molecule has 0 aliphatic heterocycles. The zero-order chi connectivity index (χ0) is 65.5. The van der Waals surface area contributed by atoms with Crippen molar-refractivity contribution in [2.45, 2.75) is 328 Å². The molecule has 0 fully saturated rings. The van der Waals surface area contributed by atoms with Crippen LogP contribution in [0.1, 0.15) is 322 Å². The SMILES string of the molecule is CC/C=C\C/C=C\C/C=C\C/C=C\C/C=C\C/C=C\C/C=C\C/C=C\C/C=C\CCCCCCCC(=O)OC(COC(=O)CCCCCCCCCCCCCCCCCCCCCCC/C=C\CCCCCCCCCC)COP(=O)([O-])OCC[N+](C)(C)C. The Morgan fingerprint density at radius 3 is 0.956 bits per heavy atom. The Labute approximate surface area is 556 Å². The molecule has 10 heteroatoms. The number of esters is 2. The molecule has 9 nitrogen and oxygen atoms in total. The summed E-state index contributed by atoms with van der Waals surface area (Å²) in [6.45, 7) is 4.13. The second-order valence-corrected chi connectivity index (χ2v) is 27.3. The van der Waals surface area contributed by atoms with Crippen molar-refractivity contribution < 1.29 is 42.1 Å². The van der Waals surface area contributed by atoms with E-state index in [9.17, 15) is 19.0 Å². The summed E-state index contributed by atoms with van der Waals surface area (Å²) in [7, 11) is 1.15. The number of likely N-dealkylation sites (N-methyl/N-ethyl adjacent to an activating group) is 1. The first kappa shape index (κ1) is 86.4. The predicted molar refractivity (Wildman–Crippen MR) is 388 cm³/mol. The summed E-state index contributed by atoms with van der Waals surface area (Å²) in [4.78, 5) is 38.1. The number of nitrogens with zero attached hydrogens (tertiary/aromatic N) is 1. The molecule has 518 valence electrons. The fraction of sp³-hybridized carbons (Fsp3) is 0.725. The fourth-order valence-electron chi connectivity index (χ4n) is 10.3. The van der Waals surface area contributed by atoms with Crippen LogP contribution in [0, 0.1) is 0 Å². The first-order chi connectivity index (χ1) is 44.0. The Morgan fingerprint density at radius 2 is 0.633 bits per heavy atom. The molecule has 0 aromatic rings. The maximum atomic E-state index is 12.9. The quantitative estimate of drug-likeness (QED) is 0.0195. The van der Waals surface area contributed by atoms with Crippen molar-refractivity contribution in [3.8, 4) is 0 Å². The number of ether oxygens (including phenoxy) is 2. The molecule has 0 aromatic heterocycles. The minimum atomic E-state index is -4.66. The first-order valence-corrected chi connectivity index (χ1v) is 38.7. The van der Waals surface area contributed by atoms with Crippen molar-refractivity contribution in [2.24, 2.45) is 0 Å². The molecule has 0 saturated heterocycles. The molecule has 0 spiro atoms. The monoisotopic (exact) mass is 1270 g/mol. The highest BCUT2D eigenvalue weighted by Crippen LogP contribution is 2.38. The van der Waals surface area contributed by atoms with Crippen molar-refractivity contribution in [2.75, 3.05) is 47.5 Å². The van der Waals surface area contributed by atoms with Gasteiger partial charge < -0.3 is 27.9 Å². The van der Waals surface area contributed by atoms with E-state index in [1.807, 2.05) is 21.1 Å². The van der Waals surface area contributed by atoms with Gasteiger partial charge in [0.1, 0.15) is 19.8 Å². The normalized spacial score (nSPS) is 13.8. The van der Waals surface area contributed by atoms with Gasteiger partial charge >= 0.3 is 11.9 Å². The van der Waals surface area contributed by atoms with Gasteiger partial charge in [-0.15, -0.1) is 0 Å². The van der Waals surface area contributed by atoms with Crippen LogP contribution in [0.15, 0.2) is 122 Å². The average molecular weight is 1270 g/mol. The van der Waals surface area contributed by atoms with Crippen LogP contribution in [0.5, 0.6) is 0 Å². The highest BCUT2D eigenvalue weighted by Gasteiger charge is 2.22. The van der Waals surface area contributed by atoms with Crippen molar-refractivity contribution in [1.29, 1.82) is 0 Å². The second kappa shape index (κ2) is 69.7. The van der Waals surface area contributed by atoms with Gasteiger partial charge in [0, 0.05) is 12.8 Å². The predicted octanol–water partition coefficient (Wildman–Crippen LogP) is 24.0. The van der Waals surface area contributed by atoms with E-state index < -0.39 is 26.5 Å². The van der Waals surface area contributed by atoms with Crippen LogP contribution in [-0.4, -0.2) is 70.0 Å². The number of allylic oxidation sites excluding steroid dienone is 20. The van der Waals surface area contributed by atoms with Crippen molar-refractivity contribution in [1.82, 2.24) is 0 Å². The summed E-state index contributed by atoms with van der Waals surface area (Å²) in [6, 6.07) is 0. The zero-order valence-electron chi connectivity index (χ0n) is 59.1. The van der Waals surface area contributed by atoms with Gasteiger partial charge in [-0.25, -0.2) is 0 Å². The number of rotatable bonds is 68. The number of carbonyl (C=O) groups is 2.